The molecule has 2 aromatic rings. The van der Waals surface area contributed by atoms with Crippen molar-refractivity contribution >= 4 is 48.9 Å². The van der Waals surface area contributed by atoms with Gasteiger partial charge in [-0.05, 0) is 47.1 Å². The first-order valence-corrected chi connectivity index (χ1v) is 8.75. The highest BCUT2D eigenvalue weighted by Crippen LogP contribution is 2.28. The third kappa shape index (κ3) is 3.87. The van der Waals surface area contributed by atoms with E-state index in [2.05, 4.69) is 31.0 Å². The lowest BCUT2D eigenvalue weighted by Gasteiger charge is -2.12. The second-order valence-corrected chi connectivity index (χ2v) is 7.05. The van der Waals surface area contributed by atoms with Crippen molar-refractivity contribution in [3.8, 4) is 0 Å². The number of pyridine rings is 1. The highest BCUT2D eigenvalue weighted by atomic mass is 79.9. The van der Waals surface area contributed by atoms with Gasteiger partial charge in [0.1, 0.15) is 4.90 Å². The molecule has 1 aromatic heterocycles. The molecule has 0 aliphatic rings. The first-order valence-electron chi connectivity index (χ1n) is 6.10. The number of halogens is 2. The maximum absolute atomic E-state index is 12.5. The second kappa shape index (κ2) is 6.64. The summed E-state index contributed by atoms with van der Waals surface area (Å²) < 4.78 is 28.0. The van der Waals surface area contributed by atoms with E-state index in [4.69, 9.17) is 11.6 Å². The summed E-state index contributed by atoms with van der Waals surface area (Å²) in [7, 11) is -3.73. The van der Waals surface area contributed by atoms with E-state index >= 15 is 0 Å². The largest absolute Gasteiger partial charge is 0.384 e. The molecular weight excluding hydrogens is 378 g/mol. The van der Waals surface area contributed by atoms with Gasteiger partial charge < -0.3 is 5.32 Å². The number of anilines is 2. The van der Waals surface area contributed by atoms with Crippen LogP contribution in [0, 0.1) is 0 Å². The summed E-state index contributed by atoms with van der Waals surface area (Å²) in [6, 6.07) is 6.42. The Morgan fingerprint density at radius 1 is 1.33 bits per heavy atom. The van der Waals surface area contributed by atoms with Crippen LogP contribution in [0.5, 0.6) is 0 Å². The van der Waals surface area contributed by atoms with E-state index in [0.717, 1.165) is 0 Å². The fourth-order valence-electron chi connectivity index (χ4n) is 1.70. The van der Waals surface area contributed by atoms with Crippen LogP contribution in [0.25, 0.3) is 0 Å². The monoisotopic (exact) mass is 389 g/mol. The average Bonchev–Trinajstić information content (AvgIpc) is 2.43. The zero-order valence-electron chi connectivity index (χ0n) is 11.1. The Bertz CT molecular complexity index is 753. The topological polar surface area (TPSA) is 71.1 Å². The van der Waals surface area contributed by atoms with Gasteiger partial charge in [-0.3, -0.25) is 9.71 Å². The van der Waals surface area contributed by atoms with Gasteiger partial charge in [-0.25, -0.2) is 8.42 Å². The van der Waals surface area contributed by atoms with Crippen LogP contribution in [-0.4, -0.2) is 19.9 Å². The van der Waals surface area contributed by atoms with E-state index in [1.165, 1.54) is 12.4 Å². The van der Waals surface area contributed by atoms with Crippen LogP contribution in [-0.2, 0) is 10.0 Å². The fourth-order valence-corrected chi connectivity index (χ4v) is 3.37. The quantitative estimate of drug-likeness (QED) is 0.816. The Labute approximate surface area is 136 Å². The molecule has 0 unspecified atom stereocenters. The minimum atomic E-state index is -3.73. The summed E-state index contributed by atoms with van der Waals surface area (Å²) in [5, 5.41) is 3.51. The third-order valence-corrected chi connectivity index (χ3v) is 5.24. The number of hydrogen-bond acceptors (Lipinski definition) is 4. The van der Waals surface area contributed by atoms with Crippen molar-refractivity contribution in [3.05, 3.63) is 46.2 Å². The summed E-state index contributed by atoms with van der Waals surface area (Å²) in [5.41, 5.74) is 0.922. The molecule has 2 rings (SSSR count). The van der Waals surface area contributed by atoms with Gasteiger partial charge in [0.15, 0.2) is 0 Å². The highest BCUT2D eigenvalue weighted by molar-refractivity contribution is 9.10. The Morgan fingerprint density at radius 3 is 2.76 bits per heavy atom. The summed E-state index contributed by atoms with van der Waals surface area (Å²) >= 11 is 9.15. The molecule has 0 aliphatic carbocycles. The van der Waals surface area contributed by atoms with Crippen LogP contribution in [0.15, 0.2) is 46.0 Å². The number of sulfonamides is 1. The normalized spacial score (nSPS) is 11.2. The summed E-state index contributed by atoms with van der Waals surface area (Å²) in [6.45, 7) is 2.50. The van der Waals surface area contributed by atoms with Crippen molar-refractivity contribution in [2.75, 3.05) is 16.6 Å². The molecule has 0 saturated carbocycles. The molecule has 0 amide bonds. The predicted molar refractivity (Wildman–Crippen MR) is 88.4 cm³/mol. The van der Waals surface area contributed by atoms with Crippen molar-refractivity contribution in [1.82, 2.24) is 4.98 Å². The van der Waals surface area contributed by atoms with Gasteiger partial charge in [0.2, 0.25) is 0 Å². The SMILES string of the molecule is CCNc1ccncc1S(=O)(=O)Nc1ccc(Cl)c(Br)c1. The van der Waals surface area contributed by atoms with E-state index in [1.807, 2.05) is 6.92 Å². The van der Waals surface area contributed by atoms with Gasteiger partial charge in [-0.2, -0.15) is 0 Å². The van der Waals surface area contributed by atoms with Gasteiger partial charge in [0.05, 0.1) is 16.4 Å². The molecule has 0 atom stereocenters. The van der Waals surface area contributed by atoms with Crippen LogP contribution < -0.4 is 10.0 Å². The average molecular weight is 391 g/mol. The van der Waals surface area contributed by atoms with E-state index in [9.17, 15) is 8.42 Å². The molecule has 0 radical (unpaired) electrons. The molecule has 8 heteroatoms. The molecule has 112 valence electrons. The molecule has 1 aromatic carbocycles. The number of hydrogen-bond donors (Lipinski definition) is 2. The summed E-state index contributed by atoms with van der Waals surface area (Å²) in [6.07, 6.45) is 2.85. The van der Waals surface area contributed by atoms with Gasteiger partial charge in [-0.15, -0.1) is 0 Å². The number of nitrogens with zero attached hydrogens (tertiary/aromatic N) is 1. The Hall–Kier alpha value is -1.31. The number of rotatable bonds is 5. The zero-order chi connectivity index (χ0) is 15.5. The standard InChI is InChI=1S/C13H13BrClN3O2S/c1-2-17-12-5-6-16-8-13(12)21(19,20)18-9-3-4-11(15)10(14)7-9/h3-8,18H,2H2,1H3,(H,16,17). The van der Waals surface area contributed by atoms with Crippen molar-refractivity contribution in [3.63, 3.8) is 0 Å². The van der Waals surface area contributed by atoms with Gasteiger partial charge in [0, 0.05) is 23.4 Å². The minimum Gasteiger partial charge on any atom is -0.384 e. The van der Waals surface area contributed by atoms with Crippen LogP contribution in [0.1, 0.15) is 6.92 Å². The second-order valence-electron chi connectivity index (χ2n) is 4.14. The first kappa shape index (κ1) is 16.1. The summed E-state index contributed by atoms with van der Waals surface area (Å²) in [4.78, 5) is 3.97. The van der Waals surface area contributed by atoms with Crippen molar-refractivity contribution in [2.45, 2.75) is 11.8 Å². The molecule has 0 saturated heterocycles. The van der Waals surface area contributed by atoms with E-state index in [1.54, 1.807) is 24.3 Å². The van der Waals surface area contributed by atoms with Gasteiger partial charge >= 0.3 is 0 Å². The lowest BCUT2D eigenvalue weighted by Crippen LogP contribution is -2.15. The lowest BCUT2D eigenvalue weighted by atomic mass is 10.3. The van der Waals surface area contributed by atoms with Gasteiger partial charge in [-0.1, -0.05) is 11.6 Å². The minimum absolute atomic E-state index is 0.0953. The number of benzene rings is 1. The fraction of sp³-hybridized carbons (Fsp3) is 0.154. The summed E-state index contributed by atoms with van der Waals surface area (Å²) in [5.74, 6) is 0. The molecule has 5 nitrogen and oxygen atoms in total. The van der Waals surface area contributed by atoms with E-state index in [-0.39, 0.29) is 4.90 Å². The van der Waals surface area contributed by atoms with Crippen LogP contribution >= 0.6 is 27.5 Å². The Balaban J connectivity index is 2.36. The predicted octanol–water partition coefficient (Wildman–Crippen LogP) is 3.73. The number of aromatic nitrogens is 1. The zero-order valence-corrected chi connectivity index (χ0v) is 14.3. The highest BCUT2D eigenvalue weighted by Gasteiger charge is 2.19. The molecule has 0 spiro atoms. The maximum Gasteiger partial charge on any atom is 0.265 e. The lowest BCUT2D eigenvalue weighted by molar-refractivity contribution is 0.601. The molecular formula is C13H13BrClN3O2S. The third-order valence-electron chi connectivity index (χ3n) is 2.61. The molecule has 0 aliphatic heterocycles. The number of nitrogens with one attached hydrogen (secondary N) is 2. The maximum atomic E-state index is 12.5. The van der Waals surface area contributed by atoms with Crippen LogP contribution in [0.3, 0.4) is 0 Å². The van der Waals surface area contributed by atoms with Crippen molar-refractivity contribution < 1.29 is 8.42 Å². The van der Waals surface area contributed by atoms with Crippen LogP contribution in [0.2, 0.25) is 5.02 Å². The van der Waals surface area contributed by atoms with E-state index in [0.29, 0.717) is 27.4 Å². The smallest absolute Gasteiger partial charge is 0.265 e. The molecule has 2 N–H and O–H groups in total. The first-order chi connectivity index (χ1) is 9.94. The van der Waals surface area contributed by atoms with Crippen LogP contribution in [0.4, 0.5) is 11.4 Å². The van der Waals surface area contributed by atoms with E-state index < -0.39 is 10.0 Å². The van der Waals surface area contributed by atoms with Crippen molar-refractivity contribution in [1.29, 1.82) is 0 Å². The Morgan fingerprint density at radius 2 is 2.10 bits per heavy atom. The van der Waals surface area contributed by atoms with Gasteiger partial charge in [0.25, 0.3) is 10.0 Å². The molecule has 21 heavy (non-hydrogen) atoms. The molecule has 1 heterocycles. The molecule has 0 bridgehead atoms. The van der Waals surface area contributed by atoms with Crippen molar-refractivity contribution in [2.24, 2.45) is 0 Å². The molecule has 0 fully saturated rings. The Kier molecular flexibility index (Phi) is 5.08.